The molecule has 0 fully saturated rings. The Labute approximate surface area is 109 Å². The number of halogens is 1. The molecule has 3 N–H and O–H groups in total. The van der Waals surface area contributed by atoms with E-state index in [1.165, 1.54) is 18.7 Å². The molecule has 1 heterocycles. The summed E-state index contributed by atoms with van der Waals surface area (Å²) in [6, 6.07) is 3.33. The van der Waals surface area contributed by atoms with Gasteiger partial charge >= 0.3 is 0 Å². The lowest BCUT2D eigenvalue weighted by molar-refractivity contribution is 0.102. The number of nitrogen functional groups attached to an aromatic ring is 1. The van der Waals surface area contributed by atoms with E-state index in [-0.39, 0.29) is 5.91 Å². The minimum atomic E-state index is -0.292. The summed E-state index contributed by atoms with van der Waals surface area (Å²) >= 11 is 5.91. The quantitative estimate of drug-likeness (QED) is 0.814. The molecule has 0 saturated carbocycles. The lowest BCUT2D eigenvalue weighted by Crippen LogP contribution is -2.13. The van der Waals surface area contributed by atoms with Crippen LogP contribution in [-0.2, 0) is 0 Å². The van der Waals surface area contributed by atoms with Crippen molar-refractivity contribution in [2.24, 2.45) is 0 Å². The molecule has 0 bridgehead atoms. The molecular formula is C12H11ClN4O. The van der Waals surface area contributed by atoms with Gasteiger partial charge in [0, 0.05) is 18.1 Å². The van der Waals surface area contributed by atoms with E-state index in [0.29, 0.717) is 22.0 Å². The number of rotatable bonds is 2. The van der Waals surface area contributed by atoms with Gasteiger partial charge in [0.15, 0.2) is 0 Å². The van der Waals surface area contributed by atoms with Gasteiger partial charge in [-0.25, -0.2) is 9.97 Å². The Hall–Kier alpha value is -2.14. The zero-order chi connectivity index (χ0) is 13.1. The Morgan fingerprint density at radius 3 is 2.67 bits per heavy atom. The molecule has 0 aliphatic carbocycles. The average Bonchev–Trinajstić information content (AvgIpc) is 2.37. The van der Waals surface area contributed by atoms with Gasteiger partial charge in [-0.1, -0.05) is 11.6 Å². The summed E-state index contributed by atoms with van der Waals surface area (Å²) in [5, 5.41) is 3.14. The van der Waals surface area contributed by atoms with Crippen LogP contribution in [0.25, 0.3) is 0 Å². The Kier molecular flexibility index (Phi) is 3.43. The molecule has 6 heteroatoms. The SMILES string of the molecule is Cc1cc(N)c(Cl)cc1NC(=O)c1cncnc1. The molecule has 1 aromatic carbocycles. The highest BCUT2D eigenvalue weighted by Crippen LogP contribution is 2.26. The van der Waals surface area contributed by atoms with Crippen molar-refractivity contribution < 1.29 is 4.79 Å². The van der Waals surface area contributed by atoms with Crippen LogP contribution in [0.1, 0.15) is 15.9 Å². The molecule has 1 amide bonds. The molecule has 2 rings (SSSR count). The highest BCUT2D eigenvalue weighted by molar-refractivity contribution is 6.33. The molecule has 0 unspecified atom stereocenters. The Balaban J connectivity index is 2.25. The Morgan fingerprint density at radius 2 is 2.00 bits per heavy atom. The van der Waals surface area contributed by atoms with E-state index in [4.69, 9.17) is 17.3 Å². The average molecular weight is 263 g/mol. The van der Waals surface area contributed by atoms with Crippen LogP contribution in [-0.4, -0.2) is 15.9 Å². The fourth-order valence-electron chi connectivity index (χ4n) is 1.45. The second kappa shape index (κ2) is 5.01. The molecule has 1 aromatic heterocycles. The van der Waals surface area contributed by atoms with Crippen molar-refractivity contribution in [1.82, 2.24) is 9.97 Å². The van der Waals surface area contributed by atoms with Gasteiger partial charge in [-0.15, -0.1) is 0 Å². The standard InChI is InChI=1S/C12H11ClN4O/c1-7-2-10(14)9(13)3-11(7)17-12(18)8-4-15-6-16-5-8/h2-6H,14H2,1H3,(H,17,18). The van der Waals surface area contributed by atoms with Gasteiger partial charge in [-0.3, -0.25) is 4.79 Å². The number of hydrogen-bond donors (Lipinski definition) is 2. The third-order valence-electron chi connectivity index (χ3n) is 2.41. The summed E-state index contributed by atoms with van der Waals surface area (Å²) < 4.78 is 0. The van der Waals surface area contributed by atoms with Gasteiger partial charge < -0.3 is 11.1 Å². The second-order valence-electron chi connectivity index (χ2n) is 3.77. The van der Waals surface area contributed by atoms with Crippen LogP contribution in [0.15, 0.2) is 30.9 Å². The number of anilines is 2. The first-order chi connectivity index (χ1) is 8.58. The predicted octanol–water partition coefficient (Wildman–Crippen LogP) is 2.27. The zero-order valence-electron chi connectivity index (χ0n) is 9.64. The molecule has 0 aliphatic rings. The lowest BCUT2D eigenvalue weighted by atomic mass is 10.1. The summed E-state index contributed by atoms with van der Waals surface area (Å²) in [5.41, 5.74) is 7.98. The second-order valence-corrected chi connectivity index (χ2v) is 4.18. The van der Waals surface area contributed by atoms with Crippen LogP contribution < -0.4 is 11.1 Å². The topological polar surface area (TPSA) is 80.9 Å². The van der Waals surface area contributed by atoms with E-state index >= 15 is 0 Å². The molecule has 5 nitrogen and oxygen atoms in total. The van der Waals surface area contributed by atoms with Crippen LogP contribution in [0.4, 0.5) is 11.4 Å². The van der Waals surface area contributed by atoms with Crippen molar-refractivity contribution in [3.63, 3.8) is 0 Å². The fourth-order valence-corrected chi connectivity index (χ4v) is 1.61. The van der Waals surface area contributed by atoms with Gasteiger partial charge in [-0.2, -0.15) is 0 Å². The van der Waals surface area contributed by atoms with E-state index < -0.39 is 0 Å². The fraction of sp³-hybridized carbons (Fsp3) is 0.0833. The highest BCUT2D eigenvalue weighted by atomic mass is 35.5. The minimum Gasteiger partial charge on any atom is -0.398 e. The van der Waals surface area contributed by atoms with Crippen molar-refractivity contribution in [2.45, 2.75) is 6.92 Å². The van der Waals surface area contributed by atoms with Crippen molar-refractivity contribution >= 4 is 28.9 Å². The monoisotopic (exact) mass is 262 g/mol. The van der Waals surface area contributed by atoms with E-state index in [1.807, 2.05) is 6.92 Å². The number of nitrogens with one attached hydrogen (secondary N) is 1. The van der Waals surface area contributed by atoms with Crippen molar-refractivity contribution in [1.29, 1.82) is 0 Å². The maximum Gasteiger partial charge on any atom is 0.258 e. The Bertz CT molecular complexity index is 586. The molecule has 0 spiro atoms. The number of amides is 1. The molecule has 0 aliphatic heterocycles. The number of nitrogens with two attached hydrogens (primary N) is 1. The number of aromatic nitrogens is 2. The lowest BCUT2D eigenvalue weighted by Gasteiger charge is -2.10. The van der Waals surface area contributed by atoms with Gasteiger partial charge in [-0.05, 0) is 24.6 Å². The highest BCUT2D eigenvalue weighted by Gasteiger charge is 2.09. The van der Waals surface area contributed by atoms with Crippen molar-refractivity contribution in [3.8, 4) is 0 Å². The van der Waals surface area contributed by atoms with Gasteiger partial charge in [0.25, 0.3) is 5.91 Å². The van der Waals surface area contributed by atoms with E-state index in [9.17, 15) is 4.79 Å². The molecule has 0 saturated heterocycles. The number of carbonyl (C=O) groups is 1. The molecular weight excluding hydrogens is 252 g/mol. The minimum absolute atomic E-state index is 0.292. The zero-order valence-corrected chi connectivity index (χ0v) is 10.4. The first-order valence-corrected chi connectivity index (χ1v) is 5.57. The molecule has 0 atom stereocenters. The number of nitrogens with zero attached hydrogens (tertiary/aromatic N) is 2. The largest absolute Gasteiger partial charge is 0.398 e. The first kappa shape index (κ1) is 12.3. The van der Waals surface area contributed by atoms with Crippen LogP contribution >= 0.6 is 11.6 Å². The normalized spacial score (nSPS) is 10.1. The van der Waals surface area contributed by atoms with Crippen LogP contribution in [0, 0.1) is 6.92 Å². The maximum atomic E-state index is 11.9. The van der Waals surface area contributed by atoms with E-state index in [1.54, 1.807) is 12.1 Å². The van der Waals surface area contributed by atoms with E-state index in [2.05, 4.69) is 15.3 Å². The smallest absolute Gasteiger partial charge is 0.258 e. The first-order valence-electron chi connectivity index (χ1n) is 5.20. The molecule has 18 heavy (non-hydrogen) atoms. The maximum absolute atomic E-state index is 11.9. The molecule has 2 aromatic rings. The summed E-state index contributed by atoms with van der Waals surface area (Å²) in [5.74, 6) is -0.292. The Morgan fingerprint density at radius 1 is 1.33 bits per heavy atom. The molecule has 0 radical (unpaired) electrons. The van der Waals surface area contributed by atoms with Gasteiger partial charge in [0.1, 0.15) is 6.33 Å². The summed E-state index contributed by atoms with van der Waals surface area (Å²) in [6.07, 6.45) is 4.25. The van der Waals surface area contributed by atoms with Crippen molar-refractivity contribution in [3.05, 3.63) is 47.0 Å². The third kappa shape index (κ3) is 2.57. The van der Waals surface area contributed by atoms with Crippen LogP contribution in [0.3, 0.4) is 0 Å². The summed E-state index contributed by atoms with van der Waals surface area (Å²) in [6.45, 7) is 1.84. The predicted molar refractivity (Wildman–Crippen MR) is 70.6 cm³/mol. The summed E-state index contributed by atoms with van der Waals surface area (Å²) in [4.78, 5) is 19.5. The van der Waals surface area contributed by atoms with Crippen molar-refractivity contribution in [2.75, 3.05) is 11.1 Å². The van der Waals surface area contributed by atoms with Gasteiger partial charge in [0.2, 0.25) is 0 Å². The number of aryl methyl sites for hydroxylation is 1. The number of carbonyl (C=O) groups excluding carboxylic acids is 1. The van der Waals surface area contributed by atoms with Crippen LogP contribution in [0.2, 0.25) is 5.02 Å². The summed E-state index contributed by atoms with van der Waals surface area (Å²) in [7, 11) is 0. The third-order valence-corrected chi connectivity index (χ3v) is 2.74. The number of benzene rings is 1. The number of hydrogen-bond acceptors (Lipinski definition) is 4. The van der Waals surface area contributed by atoms with E-state index in [0.717, 1.165) is 5.56 Å². The van der Waals surface area contributed by atoms with Crippen LogP contribution in [0.5, 0.6) is 0 Å². The molecule has 92 valence electrons. The van der Waals surface area contributed by atoms with Gasteiger partial charge in [0.05, 0.1) is 16.3 Å².